The first-order valence-electron chi connectivity index (χ1n) is 4.79. The van der Waals surface area contributed by atoms with Gasteiger partial charge in [0.05, 0.1) is 11.4 Å². The van der Waals surface area contributed by atoms with Crippen molar-refractivity contribution in [3.63, 3.8) is 0 Å². The molecule has 0 saturated heterocycles. The Bertz CT molecular complexity index is 305. The zero-order chi connectivity index (χ0) is 9.26. The van der Waals surface area contributed by atoms with Crippen LogP contribution >= 0.6 is 0 Å². The predicted molar refractivity (Wildman–Crippen MR) is 51.4 cm³/mol. The maximum absolute atomic E-state index is 4.09. The van der Waals surface area contributed by atoms with Crippen molar-refractivity contribution in [3.8, 4) is 0 Å². The molecule has 3 nitrogen and oxygen atoms in total. The summed E-state index contributed by atoms with van der Waals surface area (Å²) in [6, 6.07) is 2.87. The fraction of sp³-hybridized carbons (Fsp3) is 0.600. The number of hydrogen-bond acceptors (Lipinski definition) is 3. The van der Waals surface area contributed by atoms with Gasteiger partial charge in [-0.1, -0.05) is 0 Å². The van der Waals surface area contributed by atoms with Crippen molar-refractivity contribution in [3.05, 3.63) is 23.0 Å². The Balaban J connectivity index is 2.03. The van der Waals surface area contributed by atoms with Gasteiger partial charge in [0.15, 0.2) is 0 Å². The molecule has 0 radical (unpaired) electrons. The van der Waals surface area contributed by atoms with Crippen LogP contribution in [0.3, 0.4) is 0 Å². The first-order valence-corrected chi connectivity index (χ1v) is 4.79. The third-order valence-electron chi connectivity index (χ3n) is 2.36. The molecular formula is C10H15N3. The normalized spacial score (nSPS) is 16.2. The van der Waals surface area contributed by atoms with E-state index < -0.39 is 0 Å². The van der Waals surface area contributed by atoms with Crippen LogP contribution in [0.1, 0.15) is 29.8 Å². The molecule has 1 fully saturated rings. The molecule has 0 atom stereocenters. The number of aryl methyl sites for hydroxylation is 2. The van der Waals surface area contributed by atoms with Gasteiger partial charge in [-0.15, -0.1) is 0 Å². The summed E-state index contributed by atoms with van der Waals surface area (Å²) in [6.45, 7) is 4.93. The molecule has 1 saturated carbocycles. The molecule has 2 rings (SSSR count). The molecule has 0 aliphatic heterocycles. The van der Waals surface area contributed by atoms with Gasteiger partial charge >= 0.3 is 0 Å². The van der Waals surface area contributed by atoms with Crippen molar-refractivity contribution < 1.29 is 0 Å². The van der Waals surface area contributed by atoms with E-state index in [-0.39, 0.29) is 0 Å². The molecule has 0 unspecified atom stereocenters. The third-order valence-corrected chi connectivity index (χ3v) is 2.36. The number of nitrogens with zero attached hydrogens (tertiary/aromatic N) is 2. The van der Waals surface area contributed by atoms with Crippen molar-refractivity contribution in [1.82, 2.24) is 15.5 Å². The summed E-state index contributed by atoms with van der Waals surface area (Å²) in [5.74, 6) is 0. The van der Waals surface area contributed by atoms with E-state index in [2.05, 4.69) is 21.6 Å². The Morgan fingerprint density at radius 1 is 1.38 bits per heavy atom. The second kappa shape index (κ2) is 3.42. The summed E-state index contributed by atoms with van der Waals surface area (Å²) < 4.78 is 0. The van der Waals surface area contributed by atoms with E-state index in [0.717, 1.165) is 24.0 Å². The second-order valence-electron chi connectivity index (χ2n) is 3.75. The van der Waals surface area contributed by atoms with Gasteiger partial charge in [-0.25, -0.2) is 0 Å². The highest BCUT2D eigenvalue weighted by molar-refractivity contribution is 5.19. The van der Waals surface area contributed by atoms with Crippen LogP contribution in [0, 0.1) is 13.8 Å². The largest absolute Gasteiger partial charge is 0.310 e. The van der Waals surface area contributed by atoms with Gasteiger partial charge in [0.1, 0.15) is 0 Å². The van der Waals surface area contributed by atoms with E-state index in [1.807, 2.05) is 13.8 Å². The van der Waals surface area contributed by atoms with E-state index >= 15 is 0 Å². The summed E-state index contributed by atoms with van der Waals surface area (Å²) >= 11 is 0. The maximum atomic E-state index is 4.09. The van der Waals surface area contributed by atoms with Crippen LogP contribution in [-0.2, 0) is 6.54 Å². The van der Waals surface area contributed by atoms with Crippen LogP contribution in [0.15, 0.2) is 6.07 Å². The summed E-state index contributed by atoms with van der Waals surface area (Å²) in [4.78, 5) is 0. The van der Waals surface area contributed by atoms with Gasteiger partial charge in [0.2, 0.25) is 0 Å². The lowest BCUT2D eigenvalue weighted by molar-refractivity contribution is 0.677. The summed E-state index contributed by atoms with van der Waals surface area (Å²) in [5.41, 5.74) is 3.32. The van der Waals surface area contributed by atoms with Crippen LogP contribution in [-0.4, -0.2) is 16.2 Å². The van der Waals surface area contributed by atoms with Gasteiger partial charge in [-0.05, 0) is 38.3 Å². The van der Waals surface area contributed by atoms with Gasteiger partial charge in [0.25, 0.3) is 0 Å². The van der Waals surface area contributed by atoms with Gasteiger partial charge in [0, 0.05) is 12.6 Å². The second-order valence-corrected chi connectivity index (χ2v) is 3.75. The summed E-state index contributed by atoms with van der Waals surface area (Å²) in [5, 5.41) is 11.6. The number of aromatic nitrogens is 2. The smallest absolute Gasteiger partial charge is 0.0645 e. The first-order chi connectivity index (χ1) is 6.25. The van der Waals surface area contributed by atoms with Crippen LogP contribution < -0.4 is 5.32 Å². The van der Waals surface area contributed by atoms with Crippen molar-refractivity contribution in [2.45, 2.75) is 39.3 Å². The summed E-state index contributed by atoms with van der Waals surface area (Å²) in [6.07, 6.45) is 2.66. The minimum atomic E-state index is 0.757. The predicted octanol–water partition coefficient (Wildman–Crippen LogP) is 1.35. The van der Waals surface area contributed by atoms with Crippen LogP contribution in [0.4, 0.5) is 0 Å². The topological polar surface area (TPSA) is 37.8 Å². The average Bonchev–Trinajstić information content (AvgIpc) is 2.90. The van der Waals surface area contributed by atoms with E-state index in [4.69, 9.17) is 0 Å². The van der Waals surface area contributed by atoms with Crippen molar-refractivity contribution in [1.29, 1.82) is 0 Å². The number of rotatable bonds is 3. The Labute approximate surface area is 78.6 Å². The molecule has 1 aromatic rings. The third kappa shape index (κ3) is 2.25. The van der Waals surface area contributed by atoms with Gasteiger partial charge in [-0.3, -0.25) is 0 Å². The molecule has 1 N–H and O–H groups in total. The Kier molecular flexibility index (Phi) is 2.27. The van der Waals surface area contributed by atoms with Crippen molar-refractivity contribution >= 4 is 0 Å². The molecule has 0 amide bonds. The molecule has 0 aromatic carbocycles. The lowest BCUT2D eigenvalue weighted by Crippen LogP contribution is -2.16. The molecule has 1 aromatic heterocycles. The Hall–Kier alpha value is -0.960. The van der Waals surface area contributed by atoms with Gasteiger partial charge < -0.3 is 5.32 Å². The van der Waals surface area contributed by atoms with Crippen molar-refractivity contribution in [2.24, 2.45) is 0 Å². The minimum absolute atomic E-state index is 0.757. The molecule has 0 bridgehead atoms. The minimum Gasteiger partial charge on any atom is -0.310 e. The van der Waals surface area contributed by atoms with Crippen LogP contribution in [0.2, 0.25) is 0 Å². The maximum Gasteiger partial charge on any atom is 0.0645 e. The molecule has 1 aliphatic rings. The molecule has 3 heteroatoms. The zero-order valence-corrected chi connectivity index (χ0v) is 8.17. The highest BCUT2D eigenvalue weighted by Gasteiger charge is 2.20. The zero-order valence-electron chi connectivity index (χ0n) is 8.17. The fourth-order valence-corrected chi connectivity index (χ4v) is 1.32. The quantitative estimate of drug-likeness (QED) is 0.757. The monoisotopic (exact) mass is 177 g/mol. The van der Waals surface area contributed by atoms with Crippen LogP contribution in [0.5, 0.6) is 0 Å². The lowest BCUT2D eigenvalue weighted by Gasteiger charge is -2.05. The average molecular weight is 177 g/mol. The standard InChI is InChI=1S/C10H15N3/c1-7-5-9(8(2)13-12-7)6-11-10-3-4-10/h5,10-11H,3-4,6H2,1-2H3. The van der Waals surface area contributed by atoms with E-state index in [1.165, 1.54) is 18.4 Å². The SMILES string of the molecule is Cc1cc(CNC2CC2)c(C)nn1. The van der Waals surface area contributed by atoms with Crippen molar-refractivity contribution in [2.75, 3.05) is 0 Å². The molecule has 13 heavy (non-hydrogen) atoms. The lowest BCUT2D eigenvalue weighted by atomic mass is 10.2. The van der Waals surface area contributed by atoms with Crippen LogP contribution in [0.25, 0.3) is 0 Å². The number of hydrogen-bond donors (Lipinski definition) is 1. The molecular weight excluding hydrogens is 162 g/mol. The van der Waals surface area contributed by atoms with Gasteiger partial charge in [-0.2, -0.15) is 10.2 Å². The highest BCUT2D eigenvalue weighted by atomic mass is 15.1. The Morgan fingerprint density at radius 2 is 2.15 bits per heavy atom. The highest BCUT2D eigenvalue weighted by Crippen LogP contribution is 2.19. The molecule has 70 valence electrons. The number of nitrogens with one attached hydrogen (secondary N) is 1. The summed E-state index contributed by atoms with van der Waals surface area (Å²) in [7, 11) is 0. The molecule has 0 spiro atoms. The molecule has 1 aliphatic carbocycles. The van der Waals surface area contributed by atoms with E-state index in [1.54, 1.807) is 0 Å². The van der Waals surface area contributed by atoms with E-state index in [9.17, 15) is 0 Å². The Morgan fingerprint density at radius 3 is 2.85 bits per heavy atom. The first kappa shape index (κ1) is 8.63. The molecule has 1 heterocycles. The van der Waals surface area contributed by atoms with E-state index in [0.29, 0.717) is 0 Å². The fourth-order valence-electron chi connectivity index (χ4n) is 1.32.